The van der Waals surface area contributed by atoms with Crippen LogP contribution in [0.2, 0.25) is 0 Å². The fourth-order valence-corrected chi connectivity index (χ4v) is 5.05. The maximum absolute atomic E-state index is 13.5. The minimum atomic E-state index is -4.20. The minimum absolute atomic E-state index is 0.147. The number of carbonyl (C=O) groups excluding carboxylic acids is 2. The summed E-state index contributed by atoms with van der Waals surface area (Å²) in [6.07, 6.45) is 0.490. The third-order valence-electron chi connectivity index (χ3n) is 5.62. The Bertz CT molecular complexity index is 1240. The summed E-state index contributed by atoms with van der Waals surface area (Å²) in [6.45, 7) is 1.29. The van der Waals surface area contributed by atoms with E-state index >= 15 is 0 Å². The average Bonchev–Trinajstić information content (AvgIpc) is 2.88. The van der Waals surface area contributed by atoms with Crippen molar-refractivity contribution in [2.75, 3.05) is 24.4 Å². The number of para-hydroxylation sites is 1. The van der Waals surface area contributed by atoms with Crippen LogP contribution in [0.25, 0.3) is 0 Å². The lowest BCUT2D eigenvalue weighted by Gasteiger charge is -2.31. The van der Waals surface area contributed by atoms with Crippen LogP contribution in [0.5, 0.6) is 0 Å². The summed E-state index contributed by atoms with van der Waals surface area (Å²) in [5.41, 5.74) is 1.26. The third kappa shape index (κ3) is 6.45. The zero-order valence-corrected chi connectivity index (χ0v) is 20.4. The van der Waals surface area contributed by atoms with Crippen LogP contribution in [0.3, 0.4) is 0 Å². The molecule has 0 aliphatic rings. The molecule has 0 bridgehead atoms. The van der Waals surface area contributed by atoms with Gasteiger partial charge in [-0.3, -0.25) is 13.9 Å². The molecule has 3 aromatic carbocycles. The molecule has 3 rings (SSSR count). The lowest BCUT2D eigenvalue weighted by atomic mass is 10.1. The zero-order chi connectivity index (χ0) is 25.4. The number of rotatable bonds is 10. The van der Waals surface area contributed by atoms with E-state index in [1.807, 2.05) is 30.3 Å². The van der Waals surface area contributed by atoms with Crippen LogP contribution < -0.4 is 9.62 Å². The molecule has 1 atom stereocenters. The van der Waals surface area contributed by atoms with Crippen molar-refractivity contribution in [1.82, 2.24) is 10.2 Å². The molecule has 1 unspecified atom stereocenters. The Labute approximate surface area is 205 Å². The monoisotopic (exact) mass is 497 g/mol. The number of anilines is 1. The van der Waals surface area contributed by atoms with Gasteiger partial charge in [0, 0.05) is 13.6 Å². The van der Waals surface area contributed by atoms with E-state index in [9.17, 15) is 22.4 Å². The smallest absolute Gasteiger partial charge is 0.264 e. The summed E-state index contributed by atoms with van der Waals surface area (Å²) in [5.74, 6) is -1.47. The van der Waals surface area contributed by atoms with Crippen LogP contribution in [-0.4, -0.2) is 51.3 Å². The van der Waals surface area contributed by atoms with Gasteiger partial charge in [-0.05, 0) is 55.3 Å². The van der Waals surface area contributed by atoms with Gasteiger partial charge in [-0.1, -0.05) is 48.5 Å². The van der Waals surface area contributed by atoms with Gasteiger partial charge in [-0.2, -0.15) is 0 Å². The quantitative estimate of drug-likeness (QED) is 0.466. The Hall–Kier alpha value is -3.72. The van der Waals surface area contributed by atoms with E-state index < -0.39 is 34.3 Å². The highest BCUT2D eigenvalue weighted by molar-refractivity contribution is 7.92. The molecule has 0 aliphatic carbocycles. The Balaban J connectivity index is 1.94. The highest BCUT2D eigenvalue weighted by Crippen LogP contribution is 2.24. The third-order valence-corrected chi connectivity index (χ3v) is 7.41. The molecule has 0 spiro atoms. The maximum Gasteiger partial charge on any atom is 0.264 e. The number of halogens is 1. The minimum Gasteiger partial charge on any atom is -0.357 e. The highest BCUT2D eigenvalue weighted by atomic mass is 32.2. The number of amides is 2. The number of benzene rings is 3. The van der Waals surface area contributed by atoms with Crippen molar-refractivity contribution < 1.29 is 22.4 Å². The topological polar surface area (TPSA) is 86.8 Å². The molecule has 7 nitrogen and oxygen atoms in total. The van der Waals surface area contributed by atoms with E-state index in [1.165, 1.54) is 11.9 Å². The first kappa shape index (κ1) is 25.9. The molecule has 0 saturated heterocycles. The second-order valence-electron chi connectivity index (χ2n) is 7.91. The van der Waals surface area contributed by atoms with Gasteiger partial charge in [0.2, 0.25) is 11.8 Å². The zero-order valence-electron chi connectivity index (χ0n) is 19.6. The lowest BCUT2D eigenvalue weighted by Crippen LogP contribution is -2.51. The fourth-order valence-electron chi connectivity index (χ4n) is 3.64. The first-order valence-electron chi connectivity index (χ1n) is 11.1. The van der Waals surface area contributed by atoms with Crippen molar-refractivity contribution >= 4 is 27.5 Å². The molecule has 3 aromatic rings. The van der Waals surface area contributed by atoms with Crippen molar-refractivity contribution in [2.24, 2.45) is 0 Å². The van der Waals surface area contributed by atoms with Crippen LogP contribution in [0.15, 0.2) is 89.8 Å². The number of nitrogens with zero attached hydrogens (tertiary/aromatic N) is 2. The van der Waals surface area contributed by atoms with Crippen LogP contribution in [0, 0.1) is 5.82 Å². The highest BCUT2D eigenvalue weighted by Gasteiger charge is 2.32. The van der Waals surface area contributed by atoms with Crippen molar-refractivity contribution in [2.45, 2.75) is 24.3 Å². The van der Waals surface area contributed by atoms with E-state index in [-0.39, 0.29) is 23.0 Å². The van der Waals surface area contributed by atoms with Crippen LogP contribution in [-0.2, 0) is 26.0 Å². The van der Waals surface area contributed by atoms with Gasteiger partial charge in [-0.25, -0.2) is 12.8 Å². The molecule has 35 heavy (non-hydrogen) atoms. The molecule has 0 fully saturated rings. The molecule has 0 saturated carbocycles. The Kier molecular flexibility index (Phi) is 8.59. The van der Waals surface area contributed by atoms with Crippen LogP contribution in [0.1, 0.15) is 12.5 Å². The number of carbonyl (C=O) groups is 2. The molecule has 1 N–H and O–H groups in total. The summed E-state index contributed by atoms with van der Waals surface area (Å²) in [7, 11) is -2.72. The van der Waals surface area contributed by atoms with Crippen molar-refractivity contribution in [3.63, 3.8) is 0 Å². The van der Waals surface area contributed by atoms with Gasteiger partial charge >= 0.3 is 0 Å². The van der Waals surface area contributed by atoms with Gasteiger partial charge in [-0.15, -0.1) is 0 Å². The molecule has 0 aromatic heterocycles. The molecule has 0 radical (unpaired) electrons. The number of nitrogens with one attached hydrogen (secondary N) is 1. The van der Waals surface area contributed by atoms with Crippen molar-refractivity contribution in [3.05, 3.63) is 96.3 Å². The maximum atomic E-state index is 13.5. The van der Waals surface area contributed by atoms with E-state index in [2.05, 4.69) is 5.32 Å². The number of likely N-dealkylation sites (N-methyl/N-ethyl adjacent to an activating group) is 1. The van der Waals surface area contributed by atoms with Gasteiger partial charge in [0.15, 0.2) is 0 Å². The Morgan fingerprint density at radius 1 is 0.914 bits per heavy atom. The first-order chi connectivity index (χ1) is 16.7. The number of hydrogen-bond donors (Lipinski definition) is 1. The molecule has 2 amide bonds. The molecule has 184 valence electrons. The van der Waals surface area contributed by atoms with Crippen molar-refractivity contribution in [3.8, 4) is 0 Å². The second kappa shape index (κ2) is 11.6. The number of sulfonamides is 1. The summed E-state index contributed by atoms with van der Waals surface area (Å²) < 4.78 is 41.4. The van der Waals surface area contributed by atoms with Crippen molar-refractivity contribution in [1.29, 1.82) is 0 Å². The standard InChI is InChI=1S/C26H28FN3O4S/c1-20(26(32)28-2)29(18-17-21-9-5-3-6-10-21)25(31)19-30(23-11-7-4-8-12-23)35(33,34)24-15-13-22(27)14-16-24/h3-16,20H,17-19H2,1-2H3,(H,28,32). The van der Waals surface area contributed by atoms with E-state index in [0.717, 1.165) is 34.1 Å². The van der Waals surface area contributed by atoms with E-state index in [4.69, 9.17) is 0 Å². The average molecular weight is 498 g/mol. The molecular weight excluding hydrogens is 469 g/mol. The van der Waals surface area contributed by atoms with E-state index in [1.54, 1.807) is 37.3 Å². The molecule has 0 aliphatic heterocycles. The Morgan fingerprint density at radius 3 is 2.06 bits per heavy atom. The van der Waals surface area contributed by atoms with Gasteiger partial charge < -0.3 is 10.2 Å². The lowest BCUT2D eigenvalue weighted by molar-refractivity contribution is -0.138. The molecular formula is C26H28FN3O4S. The first-order valence-corrected chi connectivity index (χ1v) is 12.6. The molecule has 0 heterocycles. The van der Waals surface area contributed by atoms with Crippen LogP contribution in [0.4, 0.5) is 10.1 Å². The second-order valence-corrected chi connectivity index (χ2v) is 9.78. The van der Waals surface area contributed by atoms with Crippen LogP contribution >= 0.6 is 0 Å². The summed E-state index contributed by atoms with van der Waals surface area (Å²) in [6, 6.07) is 21.3. The molecule has 9 heteroatoms. The number of hydrogen-bond acceptors (Lipinski definition) is 4. The van der Waals surface area contributed by atoms with Gasteiger partial charge in [0.1, 0.15) is 18.4 Å². The van der Waals surface area contributed by atoms with Gasteiger partial charge in [0.25, 0.3) is 10.0 Å². The SMILES string of the molecule is CNC(=O)C(C)N(CCc1ccccc1)C(=O)CN(c1ccccc1)S(=O)(=O)c1ccc(F)cc1. The van der Waals surface area contributed by atoms with Gasteiger partial charge in [0.05, 0.1) is 10.6 Å². The summed E-state index contributed by atoms with van der Waals surface area (Å²) in [4.78, 5) is 27.2. The predicted molar refractivity (Wildman–Crippen MR) is 133 cm³/mol. The Morgan fingerprint density at radius 2 is 1.49 bits per heavy atom. The largest absolute Gasteiger partial charge is 0.357 e. The predicted octanol–water partition coefficient (Wildman–Crippen LogP) is 3.23. The summed E-state index contributed by atoms with van der Waals surface area (Å²) in [5, 5.41) is 2.54. The van der Waals surface area contributed by atoms with E-state index in [0.29, 0.717) is 6.42 Å². The normalized spacial score (nSPS) is 12.0. The summed E-state index contributed by atoms with van der Waals surface area (Å²) >= 11 is 0. The fraction of sp³-hybridized carbons (Fsp3) is 0.231.